The highest BCUT2D eigenvalue weighted by molar-refractivity contribution is 5.92. The SMILES string of the molecule is CC[C@H](C)n1nc(N2CCOCC2)c2cnc(Nc3ccnc(N4CC[C@](C)(O)[C@H](F)C4)n3)cc21. The Bertz CT molecular complexity index is 1180. The first-order valence-corrected chi connectivity index (χ1v) is 12.3. The Hall–Kier alpha value is -3.05. The summed E-state index contributed by atoms with van der Waals surface area (Å²) >= 11 is 0. The van der Waals surface area contributed by atoms with Crippen molar-refractivity contribution < 1.29 is 14.2 Å². The van der Waals surface area contributed by atoms with Crippen molar-refractivity contribution in [2.24, 2.45) is 0 Å². The van der Waals surface area contributed by atoms with E-state index in [2.05, 4.69) is 43.7 Å². The zero-order chi connectivity index (χ0) is 24.6. The number of nitrogens with zero attached hydrogens (tertiary/aromatic N) is 7. The van der Waals surface area contributed by atoms with E-state index >= 15 is 0 Å². The number of hydrogen-bond acceptors (Lipinski definition) is 9. The number of pyridine rings is 1. The van der Waals surface area contributed by atoms with Crippen LogP contribution < -0.4 is 15.1 Å². The molecule has 3 atom stereocenters. The van der Waals surface area contributed by atoms with E-state index in [1.807, 2.05) is 12.3 Å². The Morgan fingerprint density at radius 2 is 2.03 bits per heavy atom. The molecule has 0 amide bonds. The fraction of sp³-hybridized carbons (Fsp3) is 0.583. The third-order valence-electron chi connectivity index (χ3n) is 7.02. The van der Waals surface area contributed by atoms with Crippen LogP contribution >= 0.6 is 0 Å². The Kier molecular flexibility index (Phi) is 6.45. The van der Waals surface area contributed by atoms with Crippen LogP contribution in [0.4, 0.5) is 27.8 Å². The highest BCUT2D eigenvalue weighted by Crippen LogP contribution is 2.32. The van der Waals surface area contributed by atoms with Gasteiger partial charge >= 0.3 is 0 Å². The monoisotopic (exact) mass is 484 g/mol. The molecule has 2 N–H and O–H groups in total. The molecule has 5 rings (SSSR count). The number of piperidine rings is 1. The summed E-state index contributed by atoms with van der Waals surface area (Å²) in [6.07, 6.45) is 3.42. The standard InChI is InChI=1S/C24H33FN8O2/c1-4-16(2)33-18-13-21(27-14-17(18)22(30-33)31-9-11-35-12-10-31)28-20-5-7-26-23(29-20)32-8-6-24(3,34)19(25)15-32/h5,7,13-14,16,19,34H,4,6,8-12,15H2,1-3H3,(H,26,27,28,29)/t16-,19+,24-/m0/s1. The molecule has 0 aromatic carbocycles. The smallest absolute Gasteiger partial charge is 0.227 e. The van der Waals surface area contributed by atoms with Crippen LogP contribution in [0.25, 0.3) is 10.9 Å². The normalized spacial score (nSPS) is 24.1. The minimum Gasteiger partial charge on any atom is -0.387 e. The van der Waals surface area contributed by atoms with Crippen molar-refractivity contribution in [1.82, 2.24) is 24.7 Å². The topological polar surface area (TPSA) is 104 Å². The molecule has 2 fully saturated rings. The molecule has 3 aromatic heterocycles. The van der Waals surface area contributed by atoms with Crippen LogP contribution in [-0.2, 0) is 4.74 Å². The van der Waals surface area contributed by atoms with Crippen LogP contribution in [0, 0.1) is 0 Å². The van der Waals surface area contributed by atoms with E-state index in [1.54, 1.807) is 17.2 Å². The molecule has 5 heterocycles. The second-order valence-electron chi connectivity index (χ2n) is 9.60. The highest BCUT2D eigenvalue weighted by atomic mass is 19.1. The lowest BCUT2D eigenvalue weighted by atomic mass is 9.92. The van der Waals surface area contributed by atoms with Crippen LogP contribution in [0.5, 0.6) is 0 Å². The molecule has 10 nitrogen and oxygen atoms in total. The number of alkyl halides is 1. The number of aliphatic hydroxyl groups is 1. The first-order chi connectivity index (χ1) is 16.9. The van der Waals surface area contributed by atoms with E-state index in [4.69, 9.17) is 9.84 Å². The second kappa shape index (κ2) is 9.54. The summed E-state index contributed by atoms with van der Waals surface area (Å²) in [4.78, 5) is 17.5. The van der Waals surface area contributed by atoms with Crippen LogP contribution in [-0.4, -0.2) is 81.0 Å². The van der Waals surface area contributed by atoms with Crippen molar-refractivity contribution in [1.29, 1.82) is 0 Å². The number of nitrogens with one attached hydrogen (secondary N) is 1. The number of ether oxygens (including phenoxy) is 1. The molecule has 3 aromatic rings. The van der Waals surface area contributed by atoms with Crippen molar-refractivity contribution in [3.05, 3.63) is 24.5 Å². The number of halogens is 1. The summed E-state index contributed by atoms with van der Waals surface area (Å²) < 4.78 is 22.0. The van der Waals surface area contributed by atoms with Gasteiger partial charge < -0.3 is 25.0 Å². The first-order valence-electron chi connectivity index (χ1n) is 12.3. The third-order valence-corrected chi connectivity index (χ3v) is 7.02. The molecule has 0 bridgehead atoms. The summed E-state index contributed by atoms with van der Waals surface area (Å²) in [6, 6.07) is 3.99. The lowest BCUT2D eigenvalue weighted by Gasteiger charge is -2.38. The van der Waals surface area contributed by atoms with E-state index in [-0.39, 0.29) is 12.6 Å². The third kappa shape index (κ3) is 4.74. The number of rotatable bonds is 6. The molecule has 0 radical (unpaired) electrons. The van der Waals surface area contributed by atoms with Gasteiger partial charge in [-0.15, -0.1) is 0 Å². The largest absolute Gasteiger partial charge is 0.387 e. The van der Waals surface area contributed by atoms with Gasteiger partial charge in [-0.1, -0.05) is 6.92 Å². The zero-order valence-electron chi connectivity index (χ0n) is 20.5. The molecule has 35 heavy (non-hydrogen) atoms. The predicted octanol–water partition coefficient (Wildman–Crippen LogP) is 3.07. The summed E-state index contributed by atoms with van der Waals surface area (Å²) in [7, 11) is 0. The maximum Gasteiger partial charge on any atom is 0.227 e. The molecule has 2 aliphatic rings. The molecule has 0 saturated carbocycles. The number of hydrogen-bond donors (Lipinski definition) is 2. The van der Waals surface area contributed by atoms with Crippen molar-refractivity contribution in [3.63, 3.8) is 0 Å². The van der Waals surface area contributed by atoms with Crippen molar-refractivity contribution in [2.45, 2.75) is 51.4 Å². The Morgan fingerprint density at radius 3 is 2.77 bits per heavy atom. The average Bonchev–Trinajstić information content (AvgIpc) is 3.25. The molecule has 188 valence electrons. The van der Waals surface area contributed by atoms with E-state index < -0.39 is 11.8 Å². The highest BCUT2D eigenvalue weighted by Gasteiger charge is 2.38. The Morgan fingerprint density at radius 1 is 1.23 bits per heavy atom. The maximum absolute atomic E-state index is 14.4. The molecular weight excluding hydrogens is 451 g/mol. The van der Waals surface area contributed by atoms with E-state index in [1.165, 1.54) is 6.92 Å². The Balaban J connectivity index is 1.41. The number of fused-ring (bicyclic) bond motifs is 1. The molecule has 2 aliphatic heterocycles. The fourth-order valence-corrected chi connectivity index (χ4v) is 4.49. The Labute approximate surface area is 204 Å². The molecule has 11 heteroatoms. The summed E-state index contributed by atoms with van der Waals surface area (Å²) in [5.74, 6) is 2.57. The minimum atomic E-state index is -1.36. The number of aromatic nitrogens is 5. The summed E-state index contributed by atoms with van der Waals surface area (Å²) in [5.41, 5.74) is -0.309. The zero-order valence-corrected chi connectivity index (χ0v) is 20.5. The van der Waals surface area contributed by atoms with Gasteiger partial charge in [0, 0.05) is 44.1 Å². The second-order valence-corrected chi connectivity index (χ2v) is 9.60. The van der Waals surface area contributed by atoms with Gasteiger partial charge in [0.15, 0.2) is 5.82 Å². The lowest BCUT2D eigenvalue weighted by molar-refractivity contribution is -0.0332. The first kappa shape index (κ1) is 23.7. The molecule has 0 aliphatic carbocycles. The van der Waals surface area contributed by atoms with Gasteiger partial charge in [0.05, 0.1) is 36.3 Å². The maximum atomic E-state index is 14.4. The van der Waals surface area contributed by atoms with E-state index in [0.29, 0.717) is 43.8 Å². The molecular formula is C24H33FN8O2. The van der Waals surface area contributed by atoms with Crippen LogP contribution in [0.15, 0.2) is 24.5 Å². The average molecular weight is 485 g/mol. The van der Waals surface area contributed by atoms with Crippen molar-refractivity contribution in [3.8, 4) is 0 Å². The number of anilines is 4. The van der Waals surface area contributed by atoms with Gasteiger partial charge in [0.1, 0.15) is 17.8 Å². The van der Waals surface area contributed by atoms with Gasteiger partial charge in [0.25, 0.3) is 0 Å². The number of morpholine rings is 1. The predicted molar refractivity (Wildman–Crippen MR) is 133 cm³/mol. The van der Waals surface area contributed by atoms with Crippen LogP contribution in [0.1, 0.15) is 39.7 Å². The quantitative estimate of drug-likeness (QED) is 0.546. The van der Waals surface area contributed by atoms with Crippen LogP contribution in [0.3, 0.4) is 0 Å². The van der Waals surface area contributed by atoms with Gasteiger partial charge in [-0.2, -0.15) is 10.1 Å². The molecule has 0 unspecified atom stereocenters. The lowest BCUT2D eigenvalue weighted by Crippen LogP contribution is -2.52. The molecule has 2 saturated heterocycles. The van der Waals surface area contributed by atoms with Gasteiger partial charge in [0.2, 0.25) is 5.95 Å². The van der Waals surface area contributed by atoms with Crippen LogP contribution in [0.2, 0.25) is 0 Å². The summed E-state index contributed by atoms with van der Waals surface area (Å²) in [6.45, 7) is 9.38. The van der Waals surface area contributed by atoms with E-state index in [0.717, 1.165) is 36.2 Å². The van der Waals surface area contributed by atoms with E-state index in [9.17, 15) is 9.50 Å². The van der Waals surface area contributed by atoms with Gasteiger partial charge in [-0.05, 0) is 32.8 Å². The summed E-state index contributed by atoms with van der Waals surface area (Å²) in [5, 5.41) is 19.4. The fourth-order valence-electron chi connectivity index (χ4n) is 4.49. The molecule has 0 spiro atoms. The van der Waals surface area contributed by atoms with Gasteiger partial charge in [-0.25, -0.2) is 14.4 Å². The van der Waals surface area contributed by atoms with Gasteiger partial charge in [-0.3, -0.25) is 4.68 Å². The van der Waals surface area contributed by atoms with Crippen molar-refractivity contribution >= 4 is 34.3 Å². The minimum absolute atomic E-state index is 0.0546. The van der Waals surface area contributed by atoms with Crippen molar-refractivity contribution in [2.75, 3.05) is 54.5 Å².